The predicted octanol–water partition coefficient (Wildman–Crippen LogP) is 5.18. The zero-order valence-corrected chi connectivity index (χ0v) is 17.7. The van der Waals surface area contributed by atoms with Gasteiger partial charge in [-0.3, -0.25) is 4.79 Å². The van der Waals surface area contributed by atoms with Crippen molar-refractivity contribution in [1.82, 2.24) is 0 Å². The van der Waals surface area contributed by atoms with Crippen LogP contribution in [0.2, 0.25) is 0 Å². The van der Waals surface area contributed by atoms with E-state index < -0.39 is 5.91 Å². The first-order valence-corrected chi connectivity index (χ1v) is 9.95. The second-order valence-electron chi connectivity index (χ2n) is 6.91. The summed E-state index contributed by atoms with van der Waals surface area (Å²) in [5.41, 5.74) is 3.54. The molecule has 0 spiro atoms. The summed E-state index contributed by atoms with van der Waals surface area (Å²) in [6.07, 6.45) is 3.77. The van der Waals surface area contributed by atoms with Gasteiger partial charge >= 0.3 is 0 Å². The Morgan fingerprint density at radius 3 is 2.34 bits per heavy atom. The Morgan fingerprint density at radius 1 is 1.14 bits per heavy atom. The number of nitriles is 1. The third-order valence-corrected chi connectivity index (χ3v) is 4.52. The lowest BCUT2D eigenvalue weighted by atomic mass is 10.1. The first kappa shape index (κ1) is 22.0. The summed E-state index contributed by atoms with van der Waals surface area (Å²) in [7, 11) is 1.54. The first-order chi connectivity index (χ1) is 14.0. The number of hydrogen-bond acceptors (Lipinski definition) is 4. The highest BCUT2D eigenvalue weighted by Gasteiger charge is 2.13. The van der Waals surface area contributed by atoms with Crippen molar-refractivity contribution < 1.29 is 9.53 Å². The molecule has 1 N–H and O–H groups in total. The van der Waals surface area contributed by atoms with E-state index in [1.54, 1.807) is 19.3 Å². The number of nitrogens with zero attached hydrogens (tertiary/aromatic N) is 2. The maximum Gasteiger partial charge on any atom is 0.266 e. The van der Waals surface area contributed by atoms with Crippen LogP contribution >= 0.6 is 0 Å². The molecule has 29 heavy (non-hydrogen) atoms. The fourth-order valence-electron chi connectivity index (χ4n) is 3.12. The van der Waals surface area contributed by atoms with E-state index >= 15 is 0 Å². The van der Waals surface area contributed by atoms with Crippen LogP contribution in [-0.4, -0.2) is 26.1 Å². The average molecular weight is 392 g/mol. The fourth-order valence-corrected chi connectivity index (χ4v) is 3.12. The van der Waals surface area contributed by atoms with E-state index in [1.165, 1.54) is 0 Å². The molecule has 0 saturated carbocycles. The lowest BCUT2D eigenvalue weighted by Crippen LogP contribution is -2.24. The van der Waals surface area contributed by atoms with Crippen LogP contribution in [0.15, 0.2) is 48.0 Å². The predicted molar refractivity (Wildman–Crippen MR) is 119 cm³/mol. The molecule has 0 bridgehead atoms. The molecule has 2 rings (SSSR count). The molecule has 0 aliphatic heterocycles. The van der Waals surface area contributed by atoms with Gasteiger partial charge in [0.15, 0.2) is 0 Å². The van der Waals surface area contributed by atoms with Crippen LogP contribution in [0.3, 0.4) is 0 Å². The van der Waals surface area contributed by atoms with Gasteiger partial charge in [-0.05, 0) is 61.2 Å². The first-order valence-electron chi connectivity index (χ1n) is 9.95. The van der Waals surface area contributed by atoms with Crippen LogP contribution < -0.4 is 15.0 Å². The Bertz CT molecular complexity index is 889. The van der Waals surface area contributed by atoms with Crippen LogP contribution in [0.4, 0.5) is 11.4 Å². The number of carbonyl (C=O) groups excluding carboxylic acids is 1. The average Bonchev–Trinajstić information content (AvgIpc) is 2.72. The van der Waals surface area contributed by atoms with Crippen LogP contribution in [0.5, 0.6) is 5.75 Å². The van der Waals surface area contributed by atoms with E-state index in [0.29, 0.717) is 11.4 Å². The summed E-state index contributed by atoms with van der Waals surface area (Å²) >= 11 is 0. The van der Waals surface area contributed by atoms with Crippen LogP contribution in [0.1, 0.15) is 37.8 Å². The number of rotatable bonds is 9. The van der Waals surface area contributed by atoms with Crippen LogP contribution in [0.25, 0.3) is 6.08 Å². The van der Waals surface area contributed by atoms with Gasteiger partial charge in [-0.2, -0.15) is 5.26 Å². The number of nitrogens with one attached hydrogen (secondary N) is 1. The van der Waals surface area contributed by atoms with Gasteiger partial charge in [0.05, 0.1) is 12.8 Å². The molecule has 152 valence electrons. The number of hydrogen-bond donors (Lipinski definition) is 1. The number of anilines is 2. The van der Waals surface area contributed by atoms with Gasteiger partial charge in [0.2, 0.25) is 0 Å². The third-order valence-electron chi connectivity index (χ3n) is 4.52. The molecule has 0 unspecified atom stereocenters. The summed E-state index contributed by atoms with van der Waals surface area (Å²) in [4.78, 5) is 15.0. The highest BCUT2D eigenvalue weighted by atomic mass is 16.5. The normalized spacial score (nSPS) is 10.9. The summed E-state index contributed by atoms with van der Waals surface area (Å²) in [6, 6.07) is 15.4. The summed E-state index contributed by atoms with van der Waals surface area (Å²) < 4.78 is 5.29. The summed E-state index contributed by atoms with van der Waals surface area (Å²) in [5, 5.41) is 12.3. The van der Waals surface area contributed by atoms with Crippen molar-refractivity contribution in [1.29, 1.82) is 5.26 Å². The number of aryl methyl sites for hydroxylation is 1. The molecule has 0 atom stereocenters. The standard InChI is InChI=1S/C24H29N3O2/c1-5-13-27(14-6-2)21-10-8-19(9-11-21)16-20(17-25)24(28)26-22-15-18(3)7-12-23(22)29-4/h7-12,15-16H,5-6,13-14H2,1-4H3,(H,26,28). The number of ether oxygens (including phenoxy) is 1. The van der Waals surface area contributed by atoms with Crippen molar-refractivity contribution >= 4 is 23.4 Å². The maximum atomic E-state index is 12.6. The van der Waals surface area contributed by atoms with E-state index in [1.807, 2.05) is 49.4 Å². The highest BCUT2D eigenvalue weighted by Crippen LogP contribution is 2.26. The topological polar surface area (TPSA) is 65.4 Å². The molecule has 0 aromatic heterocycles. The van der Waals surface area contributed by atoms with Crippen molar-refractivity contribution in [3.05, 3.63) is 59.2 Å². The van der Waals surface area contributed by atoms with E-state index in [9.17, 15) is 10.1 Å². The quantitative estimate of drug-likeness (QED) is 0.473. The Morgan fingerprint density at radius 2 is 1.79 bits per heavy atom. The molecular weight excluding hydrogens is 362 g/mol. The molecule has 0 aliphatic rings. The molecule has 2 aromatic carbocycles. The van der Waals surface area contributed by atoms with Crippen molar-refractivity contribution in [2.75, 3.05) is 30.4 Å². The van der Waals surface area contributed by atoms with Crippen molar-refractivity contribution in [2.45, 2.75) is 33.6 Å². The number of amides is 1. The van der Waals surface area contributed by atoms with Gasteiger partial charge in [-0.25, -0.2) is 0 Å². The Balaban J connectivity index is 2.20. The van der Waals surface area contributed by atoms with E-state index in [0.717, 1.165) is 42.7 Å². The van der Waals surface area contributed by atoms with Gasteiger partial charge < -0.3 is 15.0 Å². The Hall–Kier alpha value is -3.26. The van der Waals surface area contributed by atoms with Crippen molar-refractivity contribution in [3.63, 3.8) is 0 Å². The number of benzene rings is 2. The van der Waals surface area contributed by atoms with E-state index in [2.05, 4.69) is 24.1 Å². The zero-order chi connectivity index (χ0) is 21.2. The zero-order valence-electron chi connectivity index (χ0n) is 17.7. The molecule has 0 saturated heterocycles. The molecule has 0 heterocycles. The molecule has 0 aliphatic carbocycles. The minimum absolute atomic E-state index is 0.0419. The molecule has 0 fully saturated rings. The summed E-state index contributed by atoms with van der Waals surface area (Å²) in [6.45, 7) is 8.28. The Kier molecular flexibility index (Phi) is 8.29. The van der Waals surface area contributed by atoms with Crippen LogP contribution in [0, 0.1) is 18.3 Å². The van der Waals surface area contributed by atoms with Gasteiger partial charge in [0, 0.05) is 18.8 Å². The molecule has 2 aromatic rings. The maximum absolute atomic E-state index is 12.6. The SMILES string of the molecule is CCCN(CCC)c1ccc(C=C(C#N)C(=O)Nc2cc(C)ccc2OC)cc1. The molecule has 5 heteroatoms. The second-order valence-corrected chi connectivity index (χ2v) is 6.91. The number of methoxy groups -OCH3 is 1. The third kappa shape index (κ3) is 6.11. The number of carbonyl (C=O) groups is 1. The van der Waals surface area contributed by atoms with Gasteiger partial charge in [0.25, 0.3) is 5.91 Å². The van der Waals surface area contributed by atoms with E-state index in [4.69, 9.17) is 4.74 Å². The minimum atomic E-state index is -0.459. The summed E-state index contributed by atoms with van der Waals surface area (Å²) in [5.74, 6) is 0.0941. The molecule has 0 radical (unpaired) electrons. The Labute approximate surface area is 173 Å². The van der Waals surface area contributed by atoms with Crippen molar-refractivity contribution in [2.24, 2.45) is 0 Å². The fraction of sp³-hybridized carbons (Fsp3) is 0.333. The second kappa shape index (κ2) is 10.9. The van der Waals surface area contributed by atoms with Gasteiger partial charge in [-0.15, -0.1) is 0 Å². The largest absolute Gasteiger partial charge is 0.495 e. The smallest absolute Gasteiger partial charge is 0.266 e. The van der Waals surface area contributed by atoms with Gasteiger partial charge in [0.1, 0.15) is 17.4 Å². The monoisotopic (exact) mass is 391 g/mol. The van der Waals surface area contributed by atoms with Crippen LogP contribution in [-0.2, 0) is 4.79 Å². The highest BCUT2D eigenvalue weighted by molar-refractivity contribution is 6.10. The molecule has 5 nitrogen and oxygen atoms in total. The lowest BCUT2D eigenvalue weighted by Gasteiger charge is -2.23. The lowest BCUT2D eigenvalue weighted by molar-refractivity contribution is -0.112. The van der Waals surface area contributed by atoms with Gasteiger partial charge in [-0.1, -0.05) is 32.0 Å². The minimum Gasteiger partial charge on any atom is -0.495 e. The molecule has 1 amide bonds. The van der Waals surface area contributed by atoms with E-state index in [-0.39, 0.29) is 5.57 Å². The molecular formula is C24H29N3O2. The van der Waals surface area contributed by atoms with Crippen molar-refractivity contribution in [3.8, 4) is 11.8 Å².